The molecule has 4 bridgehead atoms. The molecule has 4 aliphatic rings. The van der Waals surface area contributed by atoms with Gasteiger partial charge >= 0.3 is 11.7 Å². The van der Waals surface area contributed by atoms with Crippen molar-refractivity contribution in [3.05, 3.63) is 26.7 Å². The van der Waals surface area contributed by atoms with Gasteiger partial charge in [-0.2, -0.15) is 0 Å². The lowest BCUT2D eigenvalue weighted by molar-refractivity contribution is -0.154. The minimum Gasteiger partial charge on any atom is -0.481 e. The number of fused-ring (bicyclic) bond motifs is 1. The number of aliphatic hydroxyl groups excluding tert-OH is 1. The van der Waals surface area contributed by atoms with E-state index in [9.17, 15) is 24.6 Å². The lowest BCUT2D eigenvalue weighted by Crippen LogP contribution is -2.40. The average Bonchev–Trinajstić information content (AvgIpc) is 3.10. The first-order chi connectivity index (χ1) is 13.9. The highest BCUT2D eigenvalue weighted by Gasteiger charge is 2.82. The summed E-state index contributed by atoms with van der Waals surface area (Å²) in [5.41, 5.74) is -1.16. The van der Waals surface area contributed by atoms with Crippen LogP contribution in [-0.2, 0) is 17.9 Å². The van der Waals surface area contributed by atoms with E-state index in [0.717, 1.165) is 12.8 Å². The van der Waals surface area contributed by atoms with Crippen LogP contribution < -0.4 is 11.2 Å². The van der Waals surface area contributed by atoms with Crippen molar-refractivity contribution >= 4 is 17.1 Å². The van der Waals surface area contributed by atoms with Gasteiger partial charge in [-0.25, -0.2) is 9.78 Å². The predicted octanol–water partition coefficient (Wildman–Crippen LogP) is 0.749. The fourth-order valence-corrected chi connectivity index (χ4v) is 6.56. The first kappa shape index (κ1) is 18.6. The summed E-state index contributed by atoms with van der Waals surface area (Å²) in [6, 6.07) is 0. The van der Waals surface area contributed by atoms with Gasteiger partial charge in [0.2, 0.25) is 0 Å². The highest BCUT2D eigenvalue weighted by atomic mass is 16.4. The number of nitrogens with zero attached hydrogens (tertiary/aromatic N) is 3. The number of aromatic amines is 1. The Hall–Kier alpha value is -2.42. The molecule has 2 aromatic heterocycles. The minimum absolute atomic E-state index is 0.0252. The SMILES string of the molecule is CCCn1c(=O)c2[nH]c(C3C4C5CC3C(CO)(C(=O)O)C54)nc2n(CCC)c1=O. The molecule has 0 aliphatic heterocycles. The van der Waals surface area contributed by atoms with Gasteiger partial charge in [-0.1, -0.05) is 13.8 Å². The van der Waals surface area contributed by atoms with Crippen molar-refractivity contribution in [1.82, 2.24) is 19.1 Å². The standard InChI is InChI=1S/C20H26N4O5/c1-3-5-23-16-14(17(26)24(6-4-2)19(23)29)21-15(22-16)12-10-7-9-11(12)13(9)20(10,8-25)18(27)28/h9-13,25H,3-8H2,1-2H3,(H,21,22)(H,27,28). The Kier molecular flexibility index (Phi) is 3.87. The summed E-state index contributed by atoms with van der Waals surface area (Å²) in [6.07, 6.45) is 2.17. The summed E-state index contributed by atoms with van der Waals surface area (Å²) in [5, 5.41) is 19.8. The van der Waals surface area contributed by atoms with Crippen molar-refractivity contribution in [2.24, 2.45) is 29.1 Å². The predicted molar refractivity (Wildman–Crippen MR) is 104 cm³/mol. The molecule has 0 saturated heterocycles. The number of carbonyl (C=O) groups is 1. The van der Waals surface area contributed by atoms with Crippen LogP contribution in [0.1, 0.15) is 44.9 Å². The number of aliphatic carboxylic acids is 1. The molecule has 9 nitrogen and oxygen atoms in total. The molecule has 0 radical (unpaired) electrons. The van der Waals surface area contributed by atoms with Crippen LogP contribution in [0.5, 0.6) is 0 Å². The van der Waals surface area contributed by atoms with Crippen LogP contribution in [0.15, 0.2) is 9.59 Å². The number of carboxylic acid groups (broad SMARTS) is 1. The number of nitrogens with one attached hydrogen (secondary N) is 1. The molecule has 4 aliphatic carbocycles. The molecule has 9 heteroatoms. The molecule has 0 spiro atoms. The lowest BCUT2D eigenvalue weighted by Gasteiger charge is -2.28. The summed E-state index contributed by atoms with van der Waals surface area (Å²) in [6.45, 7) is 4.31. The number of rotatable bonds is 7. The topological polar surface area (TPSA) is 130 Å². The van der Waals surface area contributed by atoms with Gasteiger partial charge in [0.1, 0.15) is 11.3 Å². The molecule has 29 heavy (non-hydrogen) atoms. The second kappa shape index (κ2) is 6.04. The highest BCUT2D eigenvalue weighted by Crippen LogP contribution is 2.82. The Morgan fingerprint density at radius 3 is 2.48 bits per heavy atom. The van der Waals surface area contributed by atoms with E-state index in [4.69, 9.17) is 0 Å². The maximum absolute atomic E-state index is 12.9. The van der Waals surface area contributed by atoms with Crippen molar-refractivity contribution in [2.45, 2.75) is 52.1 Å². The van der Waals surface area contributed by atoms with Crippen LogP contribution in [0.4, 0.5) is 0 Å². The molecule has 0 amide bonds. The molecule has 6 rings (SSSR count). The van der Waals surface area contributed by atoms with E-state index in [1.165, 1.54) is 4.57 Å². The number of hydrogen-bond acceptors (Lipinski definition) is 5. The summed E-state index contributed by atoms with van der Waals surface area (Å²) in [5.74, 6) is -0.217. The number of hydrogen-bond donors (Lipinski definition) is 3. The van der Waals surface area contributed by atoms with E-state index in [2.05, 4.69) is 9.97 Å². The van der Waals surface area contributed by atoms with Gasteiger partial charge in [-0.15, -0.1) is 0 Å². The summed E-state index contributed by atoms with van der Waals surface area (Å²) >= 11 is 0. The molecule has 2 aromatic rings. The first-order valence-corrected chi connectivity index (χ1v) is 10.5. The lowest BCUT2D eigenvalue weighted by atomic mass is 9.76. The van der Waals surface area contributed by atoms with Gasteiger partial charge in [-0.05, 0) is 42.9 Å². The minimum atomic E-state index is -1.11. The first-order valence-electron chi connectivity index (χ1n) is 10.5. The van der Waals surface area contributed by atoms with E-state index in [1.54, 1.807) is 4.57 Å². The van der Waals surface area contributed by atoms with Gasteiger partial charge in [0.05, 0.1) is 12.0 Å². The Morgan fingerprint density at radius 1 is 1.24 bits per heavy atom. The van der Waals surface area contributed by atoms with Gasteiger partial charge in [0.25, 0.3) is 5.56 Å². The average molecular weight is 402 g/mol. The quantitative estimate of drug-likeness (QED) is 0.626. The maximum Gasteiger partial charge on any atom is 0.332 e. The Balaban J connectivity index is 1.67. The summed E-state index contributed by atoms with van der Waals surface area (Å²) in [4.78, 5) is 45.7. The molecule has 6 unspecified atom stereocenters. The molecular formula is C20H26N4O5. The third kappa shape index (κ3) is 2.09. The fraction of sp³-hybridized carbons (Fsp3) is 0.700. The third-order valence-electron chi connectivity index (χ3n) is 7.61. The molecule has 6 atom stereocenters. The van der Waals surface area contributed by atoms with Crippen molar-refractivity contribution < 1.29 is 15.0 Å². The smallest absolute Gasteiger partial charge is 0.332 e. The zero-order valence-electron chi connectivity index (χ0n) is 16.6. The second-order valence-corrected chi connectivity index (χ2v) is 8.85. The molecule has 4 saturated carbocycles. The summed E-state index contributed by atoms with van der Waals surface area (Å²) in [7, 11) is 0. The molecule has 4 fully saturated rings. The van der Waals surface area contributed by atoms with Gasteiger partial charge < -0.3 is 15.2 Å². The Morgan fingerprint density at radius 2 is 1.93 bits per heavy atom. The fourth-order valence-electron chi connectivity index (χ4n) is 6.56. The Bertz CT molecular complexity index is 1130. The van der Waals surface area contributed by atoms with Crippen molar-refractivity contribution in [3.63, 3.8) is 0 Å². The van der Waals surface area contributed by atoms with Gasteiger partial charge in [0, 0.05) is 19.0 Å². The van der Waals surface area contributed by atoms with Crippen LogP contribution in [-0.4, -0.2) is 41.9 Å². The van der Waals surface area contributed by atoms with E-state index in [-0.39, 0.29) is 41.5 Å². The molecule has 156 valence electrons. The van der Waals surface area contributed by atoms with Crippen LogP contribution in [0, 0.1) is 29.1 Å². The second-order valence-electron chi connectivity index (χ2n) is 8.85. The van der Waals surface area contributed by atoms with Crippen molar-refractivity contribution in [3.8, 4) is 0 Å². The van der Waals surface area contributed by atoms with Crippen LogP contribution in [0.3, 0.4) is 0 Å². The zero-order chi connectivity index (χ0) is 20.7. The molecular weight excluding hydrogens is 376 g/mol. The van der Waals surface area contributed by atoms with Crippen molar-refractivity contribution in [2.75, 3.05) is 6.61 Å². The van der Waals surface area contributed by atoms with Gasteiger partial charge in [0.15, 0.2) is 5.65 Å². The number of aryl methyl sites for hydroxylation is 1. The number of H-pyrrole nitrogens is 1. The largest absolute Gasteiger partial charge is 0.481 e. The monoisotopic (exact) mass is 402 g/mol. The van der Waals surface area contributed by atoms with E-state index >= 15 is 0 Å². The Labute approximate surface area is 166 Å². The van der Waals surface area contributed by atoms with Crippen LogP contribution >= 0.6 is 0 Å². The maximum atomic E-state index is 12.9. The van der Waals surface area contributed by atoms with Crippen molar-refractivity contribution in [1.29, 1.82) is 0 Å². The van der Waals surface area contributed by atoms with E-state index < -0.39 is 11.4 Å². The van der Waals surface area contributed by atoms with Gasteiger partial charge in [-0.3, -0.25) is 18.7 Å². The molecule has 3 N–H and O–H groups in total. The molecule has 0 aromatic carbocycles. The normalized spacial score (nSPS) is 34.2. The molecule has 2 heterocycles. The van der Waals surface area contributed by atoms with Crippen LogP contribution in [0.25, 0.3) is 11.2 Å². The van der Waals surface area contributed by atoms with E-state index in [1.807, 2.05) is 13.8 Å². The summed E-state index contributed by atoms with van der Waals surface area (Å²) < 4.78 is 2.80. The number of imidazole rings is 1. The number of aliphatic hydroxyl groups is 1. The van der Waals surface area contributed by atoms with E-state index in [0.29, 0.717) is 42.4 Å². The third-order valence-corrected chi connectivity index (χ3v) is 7.61. The zero-order valence-corrected chi connectivity index (χ0v) is 16.6. The van der Waals surface area contributed by atoms with Crippen LogP contribution in [0.2, 0.25) is 0 Å². The number of carboxylic acids is 1. The number of aromatic nitrogens is 4. The highest BCUT2D eigenvalue weighted by molar-refractivity contribution is 5.79.